The van der Waals surface area contributed by atoms with Crippen molar-refractivity contribution in [2.75, 3.05) is 6.26 Å². The van der Waals surface area contributed by atoms with Crippen LogP contribution in [0.5, 0.6) is 0 Å². The summed E-state index contributed by atoms with van der Waals surface area (Å²) in [4.78, 5) is 11.7. The van der Waals surface area contributed by atoms with E-state index in [1.807, 2.05) is 0 Å². The van der Waals surface area contributed by atoms with Gasteiger partial charge in [0, 0.05) is 23.6 Å². The number of nitrogens with zero attached hydrogens (tertiary/aromatic N) is 4. The Balaban J connectivity index is 1.78. The molecule has 0 spiro atoms. The molecular formula is C22H14F6N4O2S. The molecule has 13 heteroatoms. The summed E-state index contributed by atoms with van der Waals surface area (Å²) >= 11 is 0. The number of sulfone groups is 1. The molecule has 4 aromatic rings. The Morgan fingerprint density at radius 2 is 1.49 bits per heavy atom. The van der Waals surface area contributed by atoms with Crippen molar-refractivity contribution in [2.24, 2.45) is 0 Å². The molecule has 35 heavy (non-hydrogen) atoms. The lowest BCUT2D eigenvalue weighted by Crippen LogP contribution is -2.12. The monoisotopic (exact) mass is 512 g/mol. The largest absolute Gasteiger partial charge is 0.433 e. The van der Waals surface area contributed by atoms with Gasteiger partial charge in [0.25, 0.3) is 0 Å². The van der Waals surface area contributed by atoms with Gasteiger partial charge in [0.05, 0.1) is 21.8 Å². The van der Waals surface area contributed by atoms with Crippen LogP contribution in [0.2, 0.25) is 0 Å². The number of benzene rings is 2. The fourth-order valence-electron chi connectivity index (χ4n) is 3.14. The van der Waals surface area contributed by atoms with E-state index in [0.717, 1.165) is 41.4 Å². The minimum atomic E-state index is -4.86. The molecule has 0 atom stereocenters. The second kappa shape index (κ2) is 8.48. The van der Waals surface area contributed by atoms with Crippen LogP contribution in [0.4, 0.5) is 26.3 Å². The predicted molar refractivity (Wildman–Crippen MR) is 113 cm³/mol. The fourth-order valence-corrected chi connectivity index (χ4v) is 3.81. The summed E-state index contributed by atoms with van der Waals surface area (Å²) in [7, 11) is -3.50. The van der Waals surface area contributed by atoms with E-state index in [1.165, 1.54) is 24.4 Å². The van der Waals surface area contributed by atoms with Gasteiger partial charge in [-0.2, -0.15) is 26.3 Å². The number of imidazole rings is 1. The van der Waals surface area contributed by atoms with E-state index in [2.05, 4.69) is 15.0 Å². The lowest BCUT2D eigenvalue weighted by atomic mass is 10.1. The highest BCUT2D eigenvalue weighted by Crippen LogP contribution is 2.33. The summed E-state index contributed by atoms with van der Waals surface area (Å²) in [5.74, 6) is -0.423. The number of alkyl halides is 6. The molecule has 0 aliphatic carbocycles. The van der Waals surface area contributed by atoms with Crippen LogP contribution in [0.3, 0.4) is 0 Å². The van der Waals surface area contributed by atoms with Crippen molar-refractivity contribution < 1.29 is 34.8 Å². The van der Waals surface area contributed by atoms with E-state index >= 15 is 0 Å². The first kappa shape index (κ1) is 24.4. The topological polar surface area (TPSA) is 77.7 Å². The molecule has 2 aromatic carbocycles. The summed E-state index contributed by atoms with van der Waals surface area (Å²) in [6.45, 7) is 0. The van der Waals surface area contributed by atoms with Gasteiger partial charge in [0.2, 0.25) is 5.95 Å². The van der Waals surface area contributed by atoms with Gasteiger partial charge in [-0.15, -0.1) is 0 Å². The number of aromatic nitrogens is 4. The highest BCUT2D eigenvalue weighted by atomic mass is 32.2. The molecule has 0 bridgehead atoms. The first-order chi connectivity index (χ1) is 16.2. The average molecular weight is 512 g/mol. The minimum Gasteiger partial charge on any atom is -0.274 e. The Bertz CT molecular complexity index is 1490. The van der Waals surface area contributed by atoms with Crippen molar-refractivity contribution in [1.82, 2.24) is 19.5 Å². The molecule has 6 nitrogen and oxygen atoms in total. The Morgan fingerprint density at radius 3 is 2.09 bits per heavy atom. The second-order valence-corrected chi connectivity index (χ2v) is 9.49. The highest BCUT2D eigenvalue weighted by molar-refractivity contribution is 7.90. The zero-order chi connectivity index (χ0) is 25.6. The number of halogens is 6. The molecule has 0 N–H and O–H groups in total. The maximum Gasteiger partial charge on any atom is 0.433 e. The van der Waals surface area contributed by atoms with Gasteiger partial charge in [-0.25, -0.2) is 23.4 Å². The Kier molecular flexibility index (Phi) is 5.91. The molecule has 0 fully saturated rings. The maximum atomic E-state index is 13.5. The third-order valence-electron chi connectivity index (χ3n) is 4.88. The van der Waals surface area contributed by atoms with Crippen LogP contribution in [0.15, 0.2) is 72.0 Å². The van der Waals surface area contributed by atoms with Gasteiger partial charge in [0.1, 0.15) is 6.33 Å². The highest BCUT2D eigenvalue weighted by Gasteiger charge is 2.34. The van der Waals surface area contributed by atoms with Gasteiger partial charge in [-0.3, -0.25) is 4.57 Å². The Morgan fingerprint density at radius 1 is 0.800 bits per heavy atom. The van der Waals surface area contributed by atoms with Crippen molar-refractivity contribution in [1.29, 1.82) is 0 Å². The van der Waals surface area contributed by atoms with E-state index in [0.29, 0.717) is 11.6 Å². The standard InChI is InChI=1S/C22H14F6N4O2S/c1-35(33,34)16-4-2-3-14(9-16)18-11-32(12-29-18)20-30-17(10-19(31-20)22(26,27)28)13-5-7-15(8-6-13)21(23,24)25/h2-12H,1H3. The maximum absolute atomic E-state index is 13.5. The van der Waals surface area contributed by atoms with Crippen LogP contribution in [0.1, 0.15) is 11.3 Å². The van der Waals surface area contributed by atoms with Crippen molar-refractivity contribution in [3.63, 3.8) is 0 Å². The van der Waals surface area contributed by atoms with Crippen LogP contribution in [0.25, 0.3) is 28.5 Å². The molecule has 0 aliphatic rings. The zero-order valence-corrected chi connectivity index (χ0v) is 18.4. The Labute approximate surface area is 194 Å². The summed E-state index contributed by atoms with van der Waals surface area (Å²) in [6.07, 6.45) is -5.97. The summed E-state index contributed by atoms with van der Waals surface area (Å²) < 4.78 is 104. The van der Waals surface area contributed by atoms with Crippen molar-refractivity contribution in [3.05, 3.63) is 78.4 Å². The van der Waals surface area contributed by atoms with E-state index in [4.69, 9.17) is 0 Å². The van der Waals surface area contributed by atoms with Gasteiger partial charge >= 0.3 is 12.4 Å². The van der Waals surface area contributed by atoms with Gasteiger partial charge in [0.15, 0.2) is 15.5 Å². The first-order valence-corrected chi connectivity index (χ1v) is 11.6. The van der Waals surface area contributed by atoms with Gasteiger partial charge < -0.3 is 0 Å². The van der Waals surface area contributed by atoms with E-state index in [1.54, 1.807) is 6.07 Å². The van der Waals surface area contributed by atoms with Crippen molar-refractivity contribution in [2.45, 2.75) is 17.2 Å². The molecule has 2 aromatic heterocycles. The van der Waals surface area contributed by atoms with Crippen LogP contribution in [0, 0.1) is 0 Å². The molecule has 182 valence electrons. The average Bonchev–Trinajstić information content (AvgIpc) is 3.28. The number of hydrogen-bond acceptors (Lipinski definition) is 5. The van der Waals surface area contributed by atoms with Crippen LogP contribution < -0.4 is 0 Å². The lowest BCUT2D eigenvalue weighted by Gasteiger charge is -2.12. The van der Waals surface area contributed by atoms with E-state index in [-0.39, 0.29) is 21.8 Å². The normalized spacial score (nSPS) is 12.7. The molecule has 0 amide bonds. The number of hydrogen-bond donors (Lipinski definition) is 0. The third kappa shape index (κ3) is 5.34. The SMILES string of the molecule is CS(=O)(=O)c1cccc(-c2cn(-c3nc(-c4ccc(C(F)(F)F)cc4)cc(C(F)(F)F)n3)cn2)c1. The van der Waals surface area contributed by atoms with Crippen LogP contribution in [-0.2, 0) is 22.2 Å². The van der Waals surface area contributed by atoms with E-state index < -0.39 is 39.4 Å². The summed E-state index contributed by atoms with van der Waals surface area (Å²) in [6, 6.07) is 9.99. The van der Waals surface area contributed by atoms with Crippen LogP contribution >= 0.6 is 0 Å². The molecule has 4 rings (SSSR count). The lowest BCUT2D eigenvalue weighted by molar-refractivity contribution is -0.141. The zero-order valence-electron chi connectivity index (χ0n) is 17.6. The Hall–Kier alpha value is -3.74. The molecule has 0 aliphatic heterocycles. The molecule has 0 saturated heterocycles. The molecule has 0 saturated carbocycles. The second-order valence-electron chi connectivity index (χ2n) is 7.48. The summed E-state index contributed by atoms with van der Waals surface area (Å²) in [5.41, 5.74) is -1.85. The quantitative estimate of drug-likeness (QED) is 0.341. The minimum absolute atomic E-state index is 0.0216. The van der Waals surface area contributed by atoms with Crippen molar-refractivity contribution >= 4 is 9.84 Å². The smallest absolute Gasteiger partial charge is 0.274 e. The molecule has 2 heterocycles. The van der Waals surface area contributed by atoms with E-state index in [9.17, 15) is 34.8 Å². The first-order valence-electron chi connectivity index (χ1n) is 9.70. The third-order valence-corrected chi connectivity index (χ3v) is 5.99. The molecule has 0 unspecified atom stereocenters. The van der Waals surface area contributed by atoms with Gasteiger partial charge in [-0.05, 0) is 30.3 Å². The fraction of sp³-hybridized carbons (Fsp3) is 0.136. The molecule has 0 radical (unpaired) electrons. The van der Waals surface area contributed by atoms with Gasteiger partial charge in [-0.1, -0.05) is 24.3 Å². The predicted octanol–water partition coefficient (Wildman–Crippen LogP) is 5.44. The molecular weight excluding hydrogens is 498 g/mol. The number of rotatable bonds is 4. The van der Waals surface area contributed by atoms with Crippen LogP contribution in [-0.4, -0.2) is 34.2 Å². The van der Waals surface area contributed by atoms with Crippen molar-refractivity contribution in [3.8, 4) is 28.5 Å². The summed E-state index contributed by atoms with van der Waals surface area (Å²) in [5, 5.41) is 0.